The van der Waals surface area contributed by atoms with Gasteiger partial charge in [-0.3, -0.25) is 0 Å². The first-order chi connectivity index (χ1) is 8.99. The third-order valence-corrected chi connectivity index (χ3v) is 3.36. The maximum atomic E-state index is 9.68. The quantitative estimate of drug-likeness (QED) is 0.301. The molecule has 7 N–H and O–H groups in total. The first-order valence-electron chi connectivity index (χ1n) is 5.97. The van der Waals surface area contributed by atoms with E-state index in [1.807, 2.05) is 0 Å². The Morgan fingerprint density at radius 1 is 0.947 bits per heavy atom. The average Bonchev–Trinajstić information content (AvgIpc) is 2.83. The lowest BCUT2D eigenvalue weighted by Crippen LogP contribution is -2.46. The van der Waals surface area contributed by atoms with E-state index in [2.05, 4.69) is 0 Å². The molecule has 2 aliphatic heterocycles. The van der Waals surface area contributed by atoms with E-state index in [1.54, 1.807) is 0 Å². The van der Waals surface area contributed by atoms with E-state index in [9.17, 15) is 15.3 Å². The van der Waals surface area contributed by atoms with E-state index >= 15 is 0 Å². The summed E-state index contributed by atoms with van der Waals surface area (Å²) in [6.07, 6.45) is -7.86. The zero-order chi connectivity index (χ0) is 14.2. The van der Waals surface area contributed by atoms with Crippen molar-refractivity contribution < 1.29 is 39.7 Å². The Kier molecular flexibility index (Phi) is 4.71. The van der Waals surface area contributed by atoms with E-state index < -0.39 is 62.4 Å². The fraction of sp³-hybridized carbons (Fsp3) is 1.00. The highest BCUT2D eigenvalue weighted by molar-refractivity contribution is 4.93. The molecule has 0 aromatic heterocycles. The lowest BCUT2D eigenvalue weighted by molar-refractivity contribution is -0.196. The van der Waals surface area contributed by atoms with Crippen LogP contribution < -0.4 is 5.73 Å². The van der Waals surface area contributed by atoms with Crippen LogP contribution in [0.2, 0.25) is 0 Å². The first-order valence-corrected chi connectivity index (χ1v) is 5.97. The molecular weight excluding hydrogens is 262 g/mol. The monoisotopic (exact) mass is 281 g/mol. The van der Waals surface area contributed by atoms with Crippen molar-refractivity contribution in [1.82, 2.24) is 0 Å². The molecule has 8 atom stereocenters. The maximum Gasteiger partial charge on any atom is 0.184 e. The van der Waals surface area contributed by atoms with Crippen LogP contribution in [-0.2, 0) is 14.2 Å². The molecule has 2 fully saturated rings. The Hall–Kier alpha value is -0.360. The van der Waals surface area contributed by atoms with Gasteiger partial charge in [0.25, 0.3) is 0 Å². The zero-order valence-corrected chi connectivity index (χ0v) is 10.1. The summed E-state index contributed by atoms with van der Waals surface area (Å²) in [4.78, 5) is 0. The van der Waals surface area contributed by atoms with Crippen molar-refractivity contribution in [3.8, 4) is 0 Å². The smallest absolute Gasteiger partial charge is 0.184 e. The highest BCUT2D eigenvalue weighted by atomic mass is 16.7. The number of aliphatic hydroxyl groups is 5. The highest BCUT2D eigenvalue weighted by Crippen LogP contribution is 2.28. The van der Waals surface area contributed by atoms with Crippen molar-refractivity contribution in [1.29, 1.82) is 0 Å². The second-order valence-electron chi connectivity index (χ2n) is 4.63. The minimum absolute atomic E-state index is 0.426. The van der Waals surface area contributed by atoms with Gasteiger partial charge in [-0.05, 0) is 0 Å². The van der Waals surface area contributed by atoms with Crippen molar-refractivity contribution >= 4 is 0 Å². The summed E-state index contributed by atoms with van der Waals surface area (Å²) in [5.74, 6) is 0. The van der Waals surface area contributed by atoms with E-state index in [4.69, 9.17) is 30.2 Å². The van der Waals surface area contributed by atoms with Crippen LogP contribution in [0.4, 0.5) is 0 Å². The lowest BCUT2D eigenvalue weighted by Gasteiger charge is -2.25. The number of hydrogen-bond acceptors (Lipinski definition) is 9. The SMILES string of the molecule is N[C@@H]1[C@@H](O[C@H]2[C@H](O)[C@@H](O)O[C@@H]2CO)O[C@H](CO)[C@H]1O. The number of aliphatic hydroxyl groups excluding tert-OH is 5. The van der Waals surface area contributed by atoms with Gasteiger partial charge in [-0.1, -0.05) is 0 Å². The van der Waals surface area contributed by atoms with E-state index in [0.717, 1.165) is 0 Å². The molecule has 112 valence electrons. The second-order valence-corrected chi connectivity index (χ2v) is 4.63. The van der Waals surface area contributed by atoms with Crippen molar-refractivity contribution in [3.63, 3.8) is 0 Å². The molecule has 2 saturated heterocycles. The molecule has 0 unspecified atom stereocenters. The molecule has 9 heteroatoms. The van der Waals surface area contributed by atoms with Crippen molar-refractivity contribution in [3.05, 3.63) is 0 Å². The topological polar surface area (TPSA) is 155 Å². The number of hydrogen-bond donors (Lipinski definition) is 6. The Morgan fingerprint density at radius 3 is 2.11 bits per heavy atom. The Labute approximate surface area is 109 Å². The van der Waals surface area contributed by atoms with Crippen molar-refractivity contribution in [2.45, 2.75) is 49.1 Å². The molecule has 0 radical (unpaired) electrons. The summed E-state index contributed by atoms with van der Waals surface area (Å²) in [5.41, 5.74) is 5.68. The normalized spacial score (nSPS) is 50.8. The Bertz CT molecular complexity index is 305. The molecule has 0 saturated carbocycles. The second kappa shape index (κ2) is 5.95. The van der Waals surface area contributed by atoms with Crippen LogP contribution in [0, 0.1) is 0 Å². The molecule has 9 nitrogen and oxygen atoms in total. The van der Waals surface area contributed by atoms with Gasteiger partial charge in [-0.25, -0.2) is 0 Å². The molecule has 0 amide bonds. The van der Waals surface area contributed by atoms with Crippen LogP contribution in [0.15, 0.2) is 0 Å². The summed E-state index contributed by atoms with van der Waals surface area (Å²) in [5, 5.41) is 46.7. The van der Waals surface area contributed by atoms with E-state index in [1.165, 1.54) is 0 Å². The van der Waals surface area contributed by atoms with Crippen LogP contribution in [0.25, 0.3) is 0 Å². The van der Waals surface area contributed by atoms with Gasteiger partial charge in [-0.15, -0.1) is 0 Å². The van der Waals surface area contributed by atoms with Crippen molar-refractivity contribution in [2.24, 2.45) is 5.73 Å². The van der Waals surface area contributed by atoms with Gasteiger partial charge in [0.2, 0.25) is 0 Å². The number of ether oxygens (including phenoxy) is 3. The van der Waals surface area contributed by atoms with Gasteiger partial charge >= 0.3 is 0 Å². The molecule has 2 rings (SSSR count). The predicted molar refractivity (Wildman–Crippen MR) is 58.6 cm³/mol. The molecule has 2 heterocycles. The molecular formula is C10H19NO8. The van der Waals surface area contributed by atoms with Crippen LogP contribution in [0.1, 0.15) is 0 Å². The standard InChI is InChI=1S/C10H19NO8/c11-5-6(14)3(1-12)18-10(5)19-8-4(2-13)17-9(16)7(8)15/h3-10,12-16H,1-2,11H2/t3-,4-,5+,6-,7+,8-,9+,10-/m1/s1. The lowest BCUT2D eigenvalue weighted by atomic mass is 10.1. The molecule has 0 spiro atoms. The Balaban J connectivity index is 2.00. The number of rotatable bonds is 4. The van der Waals surface area contributed by atoms with Gasteiger partial charge in [0.05, 0.1) is 19.3 Å². The van der Waals surface area contributed by atoms with Crippen LogP contribution >= 0.6 is 0 Å². The summed E-state index contributed by atoms with van der Waals surface area (Å²) in [6.45, 7) is -0.892. The predicted octanol–water partition coefficient (Wildman–Crippen LogP) is -4.15. The molecule has 0 aromatic rings. The molecule has 19 heavy (non-hydrogen) atoms. The molecule has 0 bridgehead atoms. The fourth-order valence-corrected chi connectivity index (χ4v) is 2.22. The van der Waals surface area contributed by atoms with Crippen LogP contribution in [0.3, 0.4) is 0 Å². The van der Waals surface area contributed by atoms with Gasteiger partial charge in [0.1, 0.15) is 30.5 Å². The molecule has 0 aliphatic carbocycles. The van der Waals surface area contributed by atoms with Gasteiger partial charge in [0.15, 0.2) is 12.6 Å². The van der Waals surface area contributed by atoms with Crippen LogP contribution in [0.5, 0.6) is 0 Å². The zero-order valence-electron chi connectivity index (χ0n) is 10.1. The average molecular weight is 281 g/mol. The summed E-state index contributed by atoms with van der Waals surface area (Å²) < 4.78 is 15.4. The summed E-state index contributed by atoms with van der Waals surface area (Å²) in [7, 11) is 0. The third-order valence-electron chi connectivity index (χ3n) is 3.36. The van der Waals surface area contributed by atoms with E-state index in [0.29, 0.717) is 0 Å². The van der Waals surface area contributed by atoms with E-state index in [-0.39, 0.29) is 0 Å². The van der Waals surface area contributed by atoms with Gasteiger partial charge in [0, 0.05) is 0 Å². The maximum absolute atomic E-state index is 9.68. The highest BCUT2D eigenvalue weighted by Gasteiger charge is 2.49. The Morgan fingerprint density at radius 2 is 1.58 bits per heavy atom. The van der Waals surface area contributed by atoms with Crippen molar-refractivity contribution in [2.75, 3.05) is 13.2 Å². The van der Waals surface area contributed by atoms with Crippen LogP contribution in [-0.4, -0.2) is 87.9 Å². The van der Waals surface area contributed by atoms with Gasteiger partial charge in [-0.2, -0.15) is 0 Å². The molecule has 0 aromatic carbocycles. The largest absolute Gasteiger partial charge is 0.394 e. The minimum atomic E-state index is -1.47. The summed E-state index contributed by atoms with van der Waals surface area (Å²) >= 11 is 0. The van der Waals surface area contributed by atoms with Gasteiger partial charge < -0.3 is 45.5 Å². The minimum Gasteiger partial charge on any atom is -0.394 e. The third kappa shape index (κ3) is 2.75. The fourth-order valence-electron chi connectivity index (χ4n) is 2.22. The first kappa shape index (κ1) is 15.0. The molecule has 2 aliphatic rings. The number of nitrogens with two attached hydrogens (primary N) is 1. The summed E-state index contributed by atoms with van der Waals surface area (Å²) in [6, 6.07) is -0.915.